The van der Waals surface area contributed by atoms with Crippen LogP contribution in [0.3, 0.4) is 0 Å². The molecule has 0 unspecified atom stereocenters. The van der Waals surface area contributed by atoms with E-state index in [1.807, 2.05) is 23.2 Å². The van der Waals surface area contributed by atoms with E-state index in [1.165, 1.54) is 5.39 Å². The molecule has 2 nitrogen and oxygen atoms in total. The number of pyridine rings is 1. The number of aromatic nitrogens is 1. The fraction of sp³-hybridized carbons (Fsp3) is 0.0714. The second-order valence-electron chi connectivity index (χ2n) is 3.18. The lowest BCUT2D eigenvalue weighted by atomic mass is 10.1. The summed E-state index contributed by atoms with van der Waals surface area (Å²) in [7, 11) is 0. The van der Waals surface area contributed by atoms with E-state index in [1.54, 1.807) is 18.6 Å². The quantitative estimate of drug-likeness (QED) is 0.765. The lowest BCUT2D eigenvalue weighted by Gasteiger charge is -2.14. The van der Waals surface area contributed by atoms with Crippen LogP contribution in [0.2, 0.25) is 0 Å². The van der Waals surface area contributed by atoms with E-state index in [9.17, 15) is 0 Å². The highest BCUT2D eigenvalue weighted by molar-refractivity contribution is 5.85. The molecule has 1 aromatic heterocycles. The molecule has 0 bridgehead atoms. The summed E-state index contributed by atoms with van der Waals surface area (Å²) in [6.45, 7) is 7.45. The van der Waals surface area contributed by atoms with Crippen LogP contribution in [0.4, 0.5) is 5.69 Å². The van der Waals surface area contributed by atoms with Crippen molar-refractivity contribution in [3.05, 3.63) is 62.2 Å². The minimum absolute atomic E-state index is 0. The molecule has 2 aromatic rings. The first-order chi connectivity index (χ1) is 7.35. The van der Waals surface area contributed by atoms with E-state index in [-0.39, 0.29) is 7.43 Å². The Morgan fingerprint density at radius 2 is 1.81 bits per heavy atom. The van der Waals surface area contributed by atoms with Crippen LogP contribution in [0.15, 0.2) is 62.2 Å². The van der Waals surface area contributed by atoms with Gasteiger partial charge < -0.3 is 4.90 Å². The van der Waals surface area contributed by atoms with E-state index >= 15 is 0 Å². The minimum Gasteiger partial charge on any atom is -0.325 e. The number of rotatable bonds is 3. The van der Waals surface area contributed by atoms with Crippen LogP contribution >= 0.6 is 0 Å². The van der Waals surface area contributed by atoms with Crippen molar-refractivity contribution in [2.24, 2.45) is 0 Å². The normalized spacial score (nSPS) is 9.25. The minimum atomic E-state index is 0. The van der Waals surface area contributed by atoms with Crippen LogP contribution in [-0.2, 0) is 0 Å². The average Bonchev–Trinajstić information content (AvgIpc) is 2.30. The van der Waals surface area contributed by atoms with Crippen LogP contribution in [0, 0.1) is 0 Å². The molecule has 0 radical (unpaired) electrons. The number of nitrogens with zero attached hydrogens (tertiary/aromatic N) is 2. The molecular formula is C14H16N2. The number of benzene rings is 1. The highest BCUT2D eigenvalue weighted by Crippen LogP contribution is 2.21. The lowest BCUT2D eigenvalue weighted by Crippen LogP contribution is -2.04. The van der Waals surface area contributed by atoms with Crippen LogP contribution in [0.25, 0.3) is 10.8 Å². The van der Waals surface area contributed by atoms with Crippen LogP contribution < -0.4 is 4.90 Å². The first kappa shape index (κ1) is 12.0. The second kappa shape index (κ2) is 5.12. The third-order valence-electron chi connectivity index (χ3n) is 2.32. The summed E-state index contributed by atoms with van der Waals surface area (Å²) < 4.78 is 0. The van der Waals surface area contributed by atoms with E-state index < -0.39 is 0 Å². The molecule has 0 fully saturated rings. The van der Waals surface area contributed by atoms with Crippen molar-refractivity contribution in [1.82, 2.24) is 4.98 Å². The largest absolute Gasteiger partial charge is 0.325 e. The maximum absolute atomic E-state index is 4.09. The molecule has 0 saturated heterocycles. The molecule has 0 amide bonds. The van der Waals surface area contributed by atoms with E-state index in [0.717, 1.165) is 11.1 Å². The van der Waals surface area contributed by atoms with Crippen LogP contribution in [0.5, 0.6) is 0 Å². The second-order valence-corrected chi connectivity index (χ2v) is 3.18. The molecule has 0 spiro atoms. The molecule has 0 saturated carbocycles. The number of anilines is 1. The fourth-order valence-corrected chi connectivity index (χ4v) is 1.52. The van der Waals surface area contributed by atoms with Crippen molar-refractivity contribution in [2.45, 2.75) is 7.43 Å². The van der Waals surface area contributed by atoms with Gasteiger partial charge in [0.15, 0.2) is 0 Å². The van der Waals surface area contributed by atoms with Gasteiger partial charge in [0, 0.05) is 35.9 Å². The number of hydrogen-bond donors (Lipinski definition) is 0. The number of fused-ring (bicyclic) bond motifs is 1. The molecule has 16 heavy (non-hydrogen) atoms. The molecule has 0 aliphatic carbocycles. The van der Waals surface area contributed by atoms with E-state index in [4.69, 9.17) is 0 Å². The van der Waals surface area contributed by atoms with Gasteiger partial charge in [-0.2, -0.15) is 0 Å². The smallest absolute Gasteiger partial charge is 0.0455 e. The van der Waals surface area contributed by atoms with Crippen molar-refractivity contribution in [3.8, 4) is 0 Å². The summed E-state index contributed by atoms with van der Waals surface area (Å²) in [5, 5.41) is 2.30. The van der Waals surface area contributed by atoms with Gasteiger partial charge in [0.2, 0.25) is 0 Å². The Morgan fingerprint density at radius 1 is 1.06 bits per heavy atom. The van der Waals surface area contributed by atoms with Gasteiger partial charge in [0.25, 0.3) is 0 Å². The zero-order valence-corrected chi connectivity index (χ0v) is 8.43. The van der Waals surface area contributed by atoms with Crippen molar-refractivity contribution >= 4 is 16.5 Å². The molecule has 2 rings (SSSR count). The molecule has 1 aromatic carbocycles. The summed E-state index contributed by atoms with van der Waals surface area (Å²) >= 11 is 0. The van der Waals surface area contributed by atoms with Gasteiger partial charge in [-0.15, -0.1) is 0 Å². The molecule has 0 atom stereocenters. The molecular weight excluding hydrogens is 196 g/mol. The highest BCUT2D eigenvalue weighted by Gasteiger charge is 1.99. The Morgan fingerprint density at radius 3 is 2.50 bits per heavy atom. The topological polar surface area (TPSA) is 16.1 Å². The van der Waals surface area contributed by atoms with Crippen molar-refractivity contribution < 1.29 is 0 Å². The maximum atomic E-state index is 4.09. The van der Waals surface area contributed by atoms with E-state index in [0.29, 0.717) is 0 Å². The Hall–Kier alpha value is -2.09. The van der Waals surface area contributed by atoms with Gasteiger partial charge in [0.05, 0.1) is 0 Å². The Labute approximate surface area is 96.5 Å². The van der Waals surface area contributed by atoms with Crippen LogP contribution in [0.1, 0.15) is 7.43 Å². The molecule has 82 valence electrons. The van der Waals surface area contributed by atoms with E-state index in [2.05, 4.69) is 30.3 Å². The Kier molecular flexibility index (Phi) is 3.84. The Bertz CT molecular complexity index is 495. The van der Waals surface area contributed by atoms with Gasteiger partial charge in [-0.25, -0.2) is 0 Å². The SMILES string of the molecule is C.C=CN(C=C)c1ccc2ccncc2c1. The van der Waals surface area contributed by atoms with Gasteiger partial charge in [-0.05, 0) is 23.6 Å². The summed E-state index contributed by atoms with van der Waals surface area (Å²) in [6.07, 6.45) is 7.10. The van der Waals surface area contributed by atoms with Crippen molar-refractivity contribution in [1.29, 1.82) is 0 Å². The zero-order chi connectivity index (χ0) is 10.7. The molecule has 0 aliphatic rings. The van der Waals surface area contributed by atoms with Gasteiger partial charge in [-0.3, -0.25) is 4.98 Å². The highest BCUT2D eigenvalue weighted by atomic mass is 15.1. The predicted molar refractivity (Wildman–Crippen MR) is 71.3 cm³/mol. The summed E-state index contributed by atoms with van der Waals surface area (Å²) in [5.74, 6) is 0. The molecule has 0 aliphatic heterocycles. The molecule has 1 heterocycles. The summed E-state index contributed by atoms with van der Waals surface area (Å²) in [6, 6.07) is 8.15. The van der Waals surface area contributed by atoms with Gasteiger partial charge >= 0.3 is 0 Å². The van der Waals surface area contributed by atoms with Gasteiger partial charge in [-0.1, -0.05) is 26.7 Å². The number of hydrogen-bond acceptors (Lipinski definition) is 2. The summed E-state index contributed by atoms with van der Waals surface area (Å²) in [5.41, 5.74) is 1.04. The van der Waals surface area contributed by atoms with Gasteiger partial charge in [0.1, 0.15) is 0 Å². The predicted octanol–water partition coefficient (Wildman–Crippen LogP) is 3.96. The third kappa shape index (κ3) is 2.11. The average molecular weight is 212 g/mol. The molecule has 2 heteroatoms. The fourth-order valence-electron chi connectivity index (χ4n) is 1.52. The Balaban J connectivity index is 0.00000128. The first-order valence-corrected chi connectivity index (χ1v) is 4.72. The molecule has 0 N–H and O–H groups in total. The zero-order valence-electron chi connectivity index (χ0n) is 8.43. The standard InChI is InChI=1S/C13H12N2.CH4/c1-3-15(4-2)13-6-5-11-7-8-14-10-12(11)9-13;/h3-10H,1-2H2;1H4. The van der Waals surface area contributed by atoms with Crippen LogP contribution in [-0.4, -0.2) is 4.98 Å². The maximum Gasteiger partial charge on any atom is 0.0455 e. The lowest BCUT2D eigenvalue weighted by molar-refractivity contribution is 1.30. The monoisotopic (exact) mass is 212 g/mol. The summed E-state index contributed by atoms with van der Waals surface area (Å²) in [4.78, 5) is 5.96. The first-order valence-electron chi connectivity index (χ1n) is 4.72. The van der Waals surface area contributed by atoms with Crippen molar-refractivity contribution in [3.63, 3.8) is 0 Å². The third-order valence-corrected chi connectivity index (χ3v) is 2.32. The van der Waals surface area contributed by atoms with Crippen molar-refractivity contribution in [2.75, 3.05) is 4.90 Å².